The van der Waals surface area contributed by atoms with Crippen LogP contribution in [0.4, 0.5) is 0 Å². The van der Waals surface area contributed by atoms with Crippen LogP contribution in [-0.4, -0.2) is 92.5 Å². The van der Waals surface area contributed by atoms with Crippen LogP contribution in [0, 0.1) is 0 Å². The molecule has 7 atom stereocenters. The van der Waals surface area contributed by atoms with Gasteiger partial charge in [0.2, 0.25) is 0 Å². The maximum absolute atomic E-state index is 11.2. The van der Waals surface area contributed by atoms with Crippen LogP contribution in [0.5, 0.6) is 0 Å². The van der Waals surface area contributed by atoms with E-state index in [4.69, 9.17) is 20.7 Å². The van der Waals surface area contributed by atoms with E-state index in [1.807, 2.05) is 0 Å². The van der Waals surface area contributed by atoms with Crippen LogP contribution in [0.25, 0.3) is 0 Å². The molecule has 0 radical (unpaired) electrons. The zero-order valence-corrected chi connectivity index (χ0v) is 11.9. The lowest BCUT2D eigenvalue weighted by atomic mass is 9.97. The Morgan fingerprint density at radius 3 is 2.36 bits per heavy atom. The van der Waals surface area contributed by atoms with Crippen molar-refractivity contribution in [3.8, 4) is 0 Å². The van der Waals surface area contributed by atoms with Crippen molar-refractivity contribution in [2.24, 2.45) is 5.73 Å². The first-order valence-corrected chi connectivity index (χ1v) is 6.99. The van der Waals surface area contributed by atoms with E-state index in [1.165, 1.54) is 0 Å². The van der Waals surface area contributed by atoms with Crippen molar-refractivity contribution in [1.82, 2.24) is 5.32 Å². The highest BCUT2D eigenvalue weighted by Crippen LogP contribution is 2.20. The number of nitrogens with two attached hydrogens (primary N) is 1. The Hall–Kier alpha value is -0.850. The largest absolute Gasteiger partial charge is 0.480 e. The van der Waals surface area contributed by atoms with Gasteiger partial charge >= 0.3 is 5.97 Å². The lowest BCUT2D eigenvalue weighted by molar-refractivity contribution is -0.238. The monoisotopic (exact) mass is 324 g/mol. The van der Waals surface area contributed by atoms with Crippen LogP contribution in [0.1, 0.15) is 12.8 Å². The first kappa shape index (κ1) is 19.2. The van der Waals surface area contributed by atoms with Crippen molar-refractivity contribution >= 4 is 5.97 Å². The molecule has 0 aliphatic carbocycles. The number of rotatable bonds is 8. The molecule has 0 aromatic rings. The van der Waals surface area contributed by atoms with Crippen molar-refractivity contribution in [1.29, 1.82) is 0 Å². The van der Waals surface area contributed by atoms with Crippen LogP contribution >= 0.6 is 0 Å². The third-order valence-electron chi connectivity index (χ3n) is 3.56. The summed E-state index contributed by atoms with van der Waals surface area (Å²) in [5.41, 5.74) is 5.28. The topological polar surface area (TPSA) is 186 Å². The SMILES string of the molecule is NCCC(O)C[C@H](NC1O[C@H](CO)[C@H](O)[C@H](O)[C@H]1O)C(=O)O. The number of carboxylic acids is 1. The number of aliphatic hydroxyl groups excluding tert-OH is 5. The molecule has 0 spiro atoms. The number of hydrogen-bond donors (Lipinski definition) is 8. The number of carboxylic acid groups (broad SMARTS) is 1. The third-order valence-corrected chi connectivity index (χ3v) is 3.56. The minimum atomic E-state index is -1.60. The van der Waals surface area contributed by atoms with E-state index in [0.717, 1.165) is 0 Å². The Kier molecular flexibility index (Phi) is 7.59. The molecule has 1 aliphatic rings. The van der Waals surface area contributed by atoms with Gasteiger partial charge < -0.3 is 41.1 Å². The van der Waals surface area contributed by atoms with E-state index in [1.54, 1.807) is 0 Å². The van der Waals surface area contributed by atoms with Crippen molar-refractivity contribution in [2.75, 3.05) is 13.2 Å². The molecule has 0 aromatic carbocycles. The molecule has 0 bridgehead atoms. The number of carbonyl (C=O) groups is 1. The zero-order valence-electron chi connectivity index (χ0n) is 11.9. The van der Waals surface area contributed by atoms with Gasteiger partial charge in [0.25, 0.3) is 0 Å². The molecule has 1 aliphatic heterocycles. The molecule has 1 saturated heterocycles. The molecular formula is C12H24N2O8. The molecule has 10 heteroatoms. The van der Waals surface area contributed by atoms with Crippen molar-refractivity contribution in [2.45, 2.75) is 55.6 Å². The Morgan fingerprint density at radius 2 is 1.86 bits per heavy atom. The molecule has 0 aromatic heterocycles. The standard InChI is InChI=1S/C12H24N2O8/c13-2-1-5(16)3-6(12(20)21)14-11-10(19)9(18)8(17)7(4-15)22-11/h5-11,14-19H,1-4,13H2,(H,20,21)/t5?,6-,7+,8-,9-,10+,11?/m0/s1. The number of ether oxygens (including phenoxy) is 1. The van der Waals surface area contributed by atoms with E-state index in [2.05, 4.69) is 5.32 Å². The summed E-state index contributed by atoms with van der Waals surface area (Å²) in [5.74, 6) is -1.28. The number of aliphatic carboxylic acids is 1. The number of nitrogens with one attached hydrogen (secondary N) is 1. The summed E-state index contributed by atoms with van der Waals surface area (Å²) >= 11 is 0. The fraction of sp³-hybridized carbons (Fsp3) is 0.917. The van der Waals surface area contributed by atoms with E-state index < -0.39 is 55.4 Å². The Morgan fingerprint density at radius 1 is 1.23 bits per heavy atom. The molecule has 22 heavy (non-hydrogen) atoms. The smallest absolute Gasteiger partial charge is 0.320 e. The Balaban J connectivity index is 2.72. The van der Waals surface area contributed by atoms with Gasteiger partial charge in [-0.25, -0.2) is 0 Å². The molecule has 1 fully saturated rings. The highest BCUT2D eigenvalue weighted by molar-refractivity contribution is 5.73. The van der Waals surface area contributed by atoms with Gasteiger partial charge in [0.05, 0.1) is 12.7 Å². The van der Waals surface area contributed by atoms with E-state index in [0.29, 0.717) is 0 Å². The molecule has 0 amide bonds. The van der Waals surface area contributed by atoms with Gasteiger partial charge in [0.15, 0.2) is 0 Å². The predicted molar refractivity (Wildman–Crippen MR) is 72.6 cm³/mol. The maximum Gasteiger partial charge on any atom is 0.320 e. The first-order valence-electron chi connectivity index (χ1n) is 6.99. The molecular weight excluding hydrogens is 300 g/mol. The van der Waals surface area contributed by atoms with Gasteiger partial charge in [-0.3, -0.25) is 10.1 Å². The summed E-state index contributed by atoms with van der Waals surface area (Å²) in [6, 6.07) is -1.26. The minimum absolute atomic E-state index is 0.179. The maximum atomic E-state index is 11.2. The quantitative estimate of drug-likeness (QED) is 0.218. The highest BCUT2D eigenvalue weighted by Gasteiger charge is 2.44. The lowest BCUT2D eigenvalue weighted by Crippen LogP contribution is -2.64. The highest BCUT2D eigenvalue weighted by atomic mass is 16.6. The molecule has 10 nitrogen and oxygen atoms in total. The van der Waals surface area contributed by atoms with Crippen molar-refractivity contribution < 1.29 is 40.2 Å². The van der Waals surface area contributed by atoms with Crippen molar-refractivity contribution in [3.63, 3.8) is 0 Å². The average Bonchev–Trinajstić information content (AvgIpc) is 2.46. The zero-order chi connectivity index (χ0) is 16.9. The van der Waals surface area contributed by atoms with Gasteiger partial charge in [0.1, 0.15) is 36.7 Å². The van der Waals surface area contributed by atoms with Gasteiger partial charge in [0, 0.05) is 0 Å². The third kappa shape index (κ3) is 4.83. The molecule has 1 heterocycles. The van der Waals surface area contributed by atoms with Crippen LogP contribution in [0.2, 0.25) is 0 Å². The van der Waals surface area contributed by atoms with E-state index in [9.17, 15) is 25.2 Å². The molecule has 1 rings (SSSR count). The van der Waals surface area contributed by atoms with E-state index >= 15 is 0 Å². The molecule has 130 valence electrons. The van der Waals surface area contributed by atoms with Crippen LogP contribution in [-0.2, 0) is 9.53 Å². The number of hydrogen-bond acceptors (Lipinski definition) is 9. The van der Waals surface area contributed by atoms with Gasteiger partial charge in [-0.05, 0) is 19.4 Å². The summed E-state index contributed by atoms with van der Waals surface area (Å²) in [7, 11) is 0. The predicted octanol–water partition coefficient (Wildman–Crippen LogP) is -4.07. The summed E-state index contributed by atoms with van der Waals surface area (Å²) in [6.45, 7) is -0.426. The first-order chi connectivity index (χ1) is 10.3. The van der Waals surface area contributed by atoms with Crippen LogP contribution < -0.4 is 11.1 Å². The fourth-order valence-corrected chi connectivity index (χ4v) is 2.26. The van der Waals surface area contributed by atoms with Gasteiger partial charge in [-0.1, -0.05) is 0 Å². The summed E-state index contributed by atoms with van der Waals surface area (Å²) in [5, 5.41) is 59.4. The fourth-order valence-electron chi connectivity index (χ4n) is 2.26. The summed E-state index contributed by atoms with van der Waals surface area (Å²) in [4.78, 5) is 11.2. The number of aliphatic hydroxyl groups is 5. The Labute approximate surface area is 127 Å². The summed E-state index contributed by atoms with van der Waals surface area (Å²) < 4.78 is 5.16. The molecule has 0 saturated carbocycles. The van der Waals surface area contributed by atoms with E-state index in [-0.39, 0.29) is 19.4 Å². The van der Waals surface area contributed by atoms with Gasteiger partial charge in [-0.15, -0.1) is 0 Å². The Bertz CT molecular complexity index is 356. The average molecular weight is 324 g/mol. The lowest BCUT2D eigenvalue weighted by Gasteiger charge is -2.41. The van der Waals surface area contributed by atoms with Crippen LogP contribution in [0.3, 0.4) is 0 Å². The van der Waals surface area contributed by atoms with Crippen LogP contribution in [0.15, 0.2) is 0 Å². The molecule has 2 unspecified atom stereocenters. The second-order valence-electron chi connectivity index (χ2n) is 5.27. The second kappa shape index (κ2) is 8.70. The van der Waals surface area contributed by atoms with Gasteiger partial charge in [-0.2, -0.15) is 0 Å². The second-order valence-corrected chi connectivity index (χ2v) is 5.27. The summed E-state index contributed by atoms with van der Waals surface area (Å²) in [6.07, 6.45) is -8.10. The minimum Gasteiger partial charge on any atom is -0.480 e. The molecule has 9 N–H and O–H groups in total. The van der Waals surface area contributed by atoms with Crippen molar-refractivity contribution in [3.05, 3.63) is 0 Å². The normalized spacial score (nSPS) is 35.1.